The molecule has 0 fully saturated rings. The minimum Gasteiger partial charge on any atom is -0.691 e. The molecule has 0 radical (unpaired) electrons. The van der Waals surface area contributed by atoms with Crippen LogP contribution in [-0.2, 0) is 10.0 Å². The lowest BCUT2D eigenvalue weighted by atomic mass is 10.2. The summed E-state index contributed by atoms with van der Waals surface area (Å²) in [6, 6.07) is 14.5. The zero-order valence-electron chi connectivity index (χ0n) is 16.1. The lowest BCUT2D eigenvalue weighted by Gasteiger charge is -2.08. The van der Waals surface area contributed by atoms with Crippen LogP contribution in [0.25, 0.3) is 0 Å². The molecule has 10 heteroatoms. The predicted octanol–water partition coefficient (Wildman–Crippen LogP) is 3.82. The van der Waals surface area contributed by atoms with Crippen LogP contribution in [-0.4, -0.2) is 23.2 Å². The van der Waals surface area contributed by atoms with Crippen molar-refractivity contribution in [3.05, 3.63) is 76.8 Å². The molecule has 0 saturated carbocycles. The zero-order chi connectivity index (χ0) is 21.0. The second kappa shape index (κ2) is 8.23. The number of hydrogen-bond acceptors (Lipinski definition) is 6. The number of nitrogens with one attached hydrogen (secondary N) is 2. The fourth-order valence-electron chi connectivity index (χ4n) is 2.49. The van der Waals surface area contributed by atoms with Gasteiger partial charge in [-0.25, -0.2) is 23.1 Å². The summed E-state index contributed by atoms with van der Waals surface area (Å²) in [5.74, 6) is 0.0137. The van der Waals surface area contributed by atoms with E-state index in [2.05, 4.69) is 25.3 Å². The summed E-state index contributed by atoms with van der Waals surface area (Å²) in [6.45, 7) is 5.43. The zero-order valence-corrected chi connectivity index (χ0v) is 16.9. The van der Waals surface area contributed by atoms with Gasteiger partial charge in [0.2, 0.25) is 5.95 Å². The van der Waals surface area contributed by atoms with Gasteiger partial charge in [0.15, 0.2) is 5.69 Å². The Hall–Kier alpha value is -3.53. The van der Waals surface area contributed by atoms with E-state index < -0.39 is 10.0 Å². The molecule has 2 aromatic carbocycles. The van der Waals surface area contributed by atoms with Crippen LogP contribution < -0.4 is 10.1 Å². The molecule has 0 aliphatic heterocycles. The van der Waals surface area contributed by atoms with E-state index in [9.17, 15) is 13.6 Å². The van der Waals surface area contributed by atoms with Crippen molar-refractivity contribution in [3.8, 4) is 0 Å². The molecule has 0 aliphatic rings. The third-order valence-electron chi connectivity index (χ3n) is 3.90. The summed E-state index contributed by atoms with van der Waals surface area (Å²) in [7, 11) is -3.85. The van der Waals surface area contributed by atoms with E-state index in [1.54, 1.807) is 32.0 Å². The van der Waals surface area contributed by atoms with E-state index in [1.165, 1.54) is 24.3 Å². The van der Waals surface area contributed by atoms with Gasteiger partial charge in [0.05, 0.1) is 10.1 Å². The second-order valence-corrected chi connectivity index (χ2v) is 8.11. The molecular weight excluding hydrogens is 392 g/mol. The molecule has 2 N–H and O–H groups in total. The molecule has 0 saturated heterocycles. The fraction of sp³-hybridized carbons (Fsp3) is 0.158. The van der Waals surface area contributed by atoms with E-state index in [1.807, 2.05) is 19.1 Å². The average molecular weight is 412 g/mol. The lowest BCUT2D eigenvalue weighted by molar-refractivity contribution is -0.439. The molecule has 0 amide bonds. The van der Waals surface area contributed by atoms with Crippen LogP contribution in [0.5, 0.6) is 0 Å². The summed E-state index contributed by atoms with van der Waals surface area (Å²) < 4.78 is 27.4. The number of hydrogen-bond donors (Lipinski definition) is 2. The Morgan fingerprint density at radius 3 is 2.10 bits per heavy atom. The second-order valence-electron chi connectivity index (χ2n) is 6.42. The van der Waals surface area contributed by atoms with Gasteiger partial charge in [0.1, 0.15) is 5.69 Å². The molecule has 0 bridgehead atoms. The van der Waals surface area contributed by atoms with Gasteiger partial charge in [-0.1, -0.05) is 17.7 Å². The first-order chi connectivity index (χ1) is 13.7. The Bertz CT molecular complexity index is 1120. The monoisotopic (exact) mass is 412 g/mol. The van der Waals surface area contributed by atoms with Crippen LogP contribution in [0.4, 0.5) is 17.3 Å². The van der Waals surface area contributed by atoms with Crippen molar-refractivity contribution in [2.75, 3.05) is 10.1 Å². The number of benzene rings is 2. The minimum atomic E-state index is -3.85. The molecule has 1 heterocycles. The van der Waals surface area contributed by atoms with Crippen molar-refractivity contribution in [3.63, 3.8) is 0 Å². The van der Waals surface area contributed by atoms with Crippen LogP contribution in [0.3, 0.4) is 0 Å². The number of nitrogens with zero attached hydrogens (tertiary/aromatic N) is 4. The summed E-state index contributed by atoms with van der Waals surface area (Å²) in [6.07, 6.45) is 0. The van der Waals surface area contributed by atoms with Gasteiger partial charge >= 0.3 is 0 Å². The molecule has 0 unspecified atom stereocenters. The minimum absolute atomic E-state index is 0.0137. The van der Waals surface area contributed by atoms with Gasteiger partial charge in [-0.3, -0.25) is 0 Å². The summed E-state index contributed by atoms with van der Waals surface area (Å²) >= 11 is 0. The van der Waals surface area contributed by atoms with Crippen molar-refractivity contribution in [2.24, 2.45) is 5.22 Å². The van der Waals surface area contributed by atoms with Crippen molar-refractivity contribution >= 4 is 27.3 Å². The highest BCUT2D eigenvalue weighted by molar-refractivity contribution is 7.92. The predicted molar refractivity (Wildman–Crippen MR) is 109 cm³/mol. The number of rotatable bonds is 6. The standard InChI is InChI=1S/C19H20N6O3S/c1-13-4-8-17(9-5-13)25(26)24-22-16-6-10-18(11-7-16)29(27,28)23-19-20-14(2)12-15(3)21-19/h4-12,22H,1-3H3,(H,20,21,23). The van der Waals surface area contributed by atoms with Crippen molar-refractivity contribution in [2.45, 2.75) is 25.7 Å². The summed E-state index contributed by atoms with van der Waals surface area (Å²) in [4.78, 5) is 8.63. The highest BCUT2D eigenvalue weighted by Gasteiger charge is 2.16. The molecule has 9 nitrogen and oxygen atoms in total. The number of aromatic nitrogens is 2. The first kappa shape index (κ1) is 20.2. The Morgan fingerprint density at radius 1 is 0.931 bits per heavy atom. The fourth-order valence-corrected chi connectivity index (χ4v) is 3.44. The highest BCUT2D eigenvalue weighted by Crippen LogP contribution is 2.18. The Kier molecular flexibility index (Phi) is 5.74. The smallest absolute Gasteiger partial charge is 0.264 e. The largest absolute Gasteiger partial charge is 0.691 e. The Morgan fingerprint density at radius 2 is 1.52 bits per heavy atom. The number of sulfonamides is 1. The maximum Gasteiger partial charge on any atom is 0.264 e. The molecule has 150 valence electrons. The SMILES string of the molecule is Cc1ccc([N+]([O-])=NNc2ccc(S(=O)(=O)Nc3nc(C)cc(C)n3)cc2)cc1. The van der Waals surface area contributed by atoms with E-state index in [4.69, 9.17) is 0 Å². The molecule has 3 rings (SSSR count). The third kappa shape index (κ3) is 5.26. The van der Waals surface area contributed by atoms with Gasteiger partial charge in [0, 0.05) is 11.4 Å². The van der Waals surface area contributed by atoms with Gasteiger partial charge < -0.3 is 5.21 Å². The topological polar surface area (TPSA) is 122 Å². The van der Waals surface area contributed by atoms with E-state index >= 15 is 0 Å². The molecule has 0 aliphatic carbocycles. The lowest BCUT2D eigenvalue weighted by Crippen LogP contribution is -2.15. The first-order valence-corrected chi connectivity index (χ1v) is 10.2. The Balaban J connectivity index is 1.71. The third-order valence-corrected chi connectivity index (χ3v) is 5.24. The molecule has 3 aromatic rings. The van der Waals surface area contributed by atoms with Crippen molar-refractivity contribution < 1.29 is 13.3 Å². The van der Waals surface area contributed by atoms with Crippen molar-refractivity contribution in [1.29, 1.82) is 0 Å². The highest BCUT2D eigenvalue weighted by atomic mass is 32.2. The molecule has 1 aromatic heterocycles. The maximum atomic E-state index is 12.5. The van der Waals surface area contributed by atoms with Gasteiger partial charge in [0.25, 0.3) is 10.0 Å². The van der Waals surface area contributed by atoms with Gasteiger partial charge in [-0.15, -0.1) is 10.3 Å². The van der Waals surface area contributed by atoms with Crippen LogP contribution >= 0.6 is 0 Å². The van der Waals surface area contributed by atoms with Crippen LogP contribution in [0, 0.1) is 26.0 Å². The van der Waals surface area contributed by atoms with Gasteiger partial charge in [-0.2, -0.15) is 0 Å². The molecule has 0 spiro atoms. The maximum absolute atomic E-state index is 12.5. The van der Waals surface area contributed by atoms with E-state index in [-0.39, 0.29) is 10.8 Å². The first-order valence-electron chi connectivity index (χ1n) is 8.69. The summed E-state index contributed by atoms with van der Waals surface area (Å²) in [5, 5.41) is 15.7. The van der Waals surface area contributed by atoms with Crippen LogP contribution in [0.1, 0.15) is 17.0 Å². The van der Waals surface area contributed by atoms with Crippen molar-refractivity contribution in [1.82, 2.24) is 9.97 Å². The Labute approximate surface area is 168 Å². The average Bonchev–Trinajstić information content (AvgIpc) is 2.66. The van der Waals surface area contributed by atoms with Crippen LogP contribution in [0.2, 0.25) is 0 Å². The normalized spacial score (nSPS) is 11.9. The molecular formula is C19H20N6O3S. The quantitative estimate of drug-likeness (QED) is 0.360. The number of anilines is 2. The van der Waals surface area contributed by atoms with Crippen LogP contribution in [0.15, 0.2) is 64.7 Å². The van der Waals surface area contributed by atoms with E-state index in [0.717, 1.165) is 5.56 Å². The molecule has 0 atom stereocenters. The number of aryl methyl sites for hydroxylation is 3. The van der Waals surface area contributed by atoms with Gasteiger partial charge in [-0.05, 0) is 63.2 Å². The van der Waals surface area contributed by atoms with E-state index in [0.29, 0.717) is 27.6 Å². The molecule has 29 heavy (non-hydrogen) atoms. The summed E-state index contributed by atoms with van der Waals surface area (Å²) in [5.41, 5.74) is 5.78.